The molecule has 4 N–H and O–H groups in total. The normalized spacial score (nSPS) is 22.3. The van der Waals surface area contributed by atoms with Crippen LogP contribution in [0.2, 0.25) is 0 Å². The topological polar surface area (TPSA) is 78.3 Å². The van der Waals surface area contributed by atoms with Crippen LogP contribution in [-0.2, 0) is 11.2 Å². The monoisotopic (exact) mass is 266 g/mol. The molecule has 18 heavy (non-hydrogen) atoms. The van der Waals surface area contributed by atoms with Crippen LogP contribution in [0, 0.1) is 0 Å². The molecule has 2 atom stereocenters. The molecule has 0 saturated carbocycles. The van der Waals surface area contributed by atoms with E-state index in [0.717, 1.165) is 24.2 Å². The first kappa shape index (κ1) is 13.2. The standard InChI is InChI=1S/C13H18N2O2S/c1-17-9-4-2-8-3-5-11(18-7-12(14)16)13(15)10(8)6-9/h2,4,6,11,13H,3,5,7,15H2,1H3,(H2,14,16). The van der Waals surface area contributed by atoms with Crippen molar-refractivity contribution in [2.75, 3.05) is 12.9 Å². The number of methoxy groups -OCH3 is 1. The average Bonchev–Trinajstić information content (AvgIpc) is 2.37. The third kappa shape index (κ3) is 2.79. The number of aryl methyl sites for hydroxylation is 1. The molecule has 2 rings (SSSR count). The lowest BCUT2D eigenvalue weighted by Crippen LogP contribution is -2.31. The van der Waals surface area contributed by atoms with Gasteiger partial charge in [0.2, 0.25) is 5.91 Å². The maximum absolute atomic E-state index is 10.8. The van der Waals surface area contributed by atoms with E-state index >= 15 is 0 Å². The first-order valence-electron chi connectivity index (χ1n) is 5.94. The van der Waals surface area contributed by atoms with Gasteiger partial charge in [-0.05, 0) is 36.1 Å². The zero-order valence-corrected chi connectivity index (χ0v) is 11.2. The molecule has 1 aliphatic carbocycles. The molecule has 0 radical (unpaired) electrons. The Morgan fingerprint density at radius 2 is 2.33 bits per heavy atom. The van der Waals surface area contributed by atoms with Gasteiger partial charge in [0.05, 0.1) is 12.9 Å². The number of rotatable bonds is 4. The lowest BCUT2D eigenvalue weighted by Gasteiger charge is -2.30. The predicted octanol–water partition coefficient (Wildman–Crippen LogP) is 1.23. The lowest BCUT2D eigenvalue weighted by molar-refractivity contribution is -0.115. The van der Waals surface area contributed by atoms with Crippen molar-refractivity contribution in [3.63, 3.8) is 0 Å². The smallest absolute Gasteiger partial charge is 0.227 e. The van der Waals surface area contributed by atoms with Crippen molar-refractivity contribution in [1.29, 1.82) is 0 Å². The van der Waals surface area contributed by atoms with Gasteiger partial charge in [0.1, 0.15) is 5.75 Å². The van der Waals surface area contributed by atoms with Crippen LogP contribution in [-0.4, -0.2) is 24.0 Å². The summed E-state index contributed by atoms with van der Waals surface area (Å²) in [6.07, 6.45) is 1.97. The van der Waals surface area contributed by atoms with Crippen molar-refractivity contribution in [2.24, 2.45) is 11.5 Å². The molecule has 98 valence electrons. The van der Waals surface area contributed by atoms with Crippen LogP contribution < -0.4 is 16.2 Å². The SMILES string of the molecule is COc1ccc2c(c1)C(N)C(SCC(N)=O)CC2. The Morgan fingerprint density at radius 3 is 3.00 bits per heavy atom. The Balaban J connectivity index is 2.15. The fraction of sp³-hybridized carbons (Fsp3) is 0.462. The highest BCUT2D eigenvalue weighted by atomic mass is 32.2. The van der Waals surface area contributed by atoms with E-state index in [-0.39, 0.29) is 17.2 Å². The minimum Gasteiger partial charge on any atom is -0.497 e. The maximum Gasteiger partial charge on any atom is 0.227 e. The van der Waals surface area contributed by atoms with Crippen LogP contribution in [0.25, 0.3) is 0 Å². The fourth-order valence-electron chi connectivity index (χ4n) is 2.29. The van der Waals surface area contributed by atoms with Gasteiger partial charge in [-0.15, -0.1) is 11.8 Å². The van der Waals surface area contributed by atoms with Gasteiger partial charge in [0, 0.05) is 11.3 Å². The zero-order valence-electron chi connectivity index (χ0n) is 10.4. The third-order valence-corrected chi connectivity index (χ3v) is 4.66. The molecule has 5 heteroatoms. The minimum atomic E-state index is -0.288. The molecule has 0 heterocycles. The molecule has 0 spiro atoms. The quantitative estimate of drug-likeness (QED) is 0.859. The van der Waals surface area contributed by atoms with Crippen LogP contribution in [0.5, 0.6) is 5.75 Å². The first-order chi connectivity index (χ1) is 8.61. The Labute approximate surface area is 111 Å². The van der Waals surface area contributed by atoms with Crippen LogP contribution in [0.15, 0.2) is 18.2 Å². The summed E-state index contributed by atoms with van der Waals surface area (Å²) in [6, 6.07) is 5.97. The van der Waals surface area contributed by atoms with Crippen molar-refractivity contribution in [2.45, 2.75) is 24.1 Å². The summed E-state index contributed by atoms with van der Waals surface area (Å²) in [6.45, 7) is 0. The number of amides is 1. The average molecular weight is 266 g/mol. The largest absolute Gasteiger partial charge is 0.497 e. The van der Waals surface area contributed by atoms with E-state index in [1.165, 1.54) is 5.56 Å². The Morgan fingerprint density at radius 1 is 1.56 bits per heavy atom. The number of primary amides is 1. The van der Waals surface area contributed by atoms with E-state index in [9.17, 15) is 4.79 Å². The van der Waals surface area contributed by atoms with E-state index in [1.54, 1.807) is 18.9 Å². The van der Waals surface area contributed by atoms with E-state index in [1.807, 2.05) is 12.1 Å². The molecule has 1 amide bonds. The van der Waals surface area contributed by atoms with Crippen molar-refractivity contribution in [1.82, 2.24) is 0 Å². The summed E-state index contributed by atoms with van der Waals surface area (Å²) in [5, 5.41) is 0.247. The highest BCUT2D eigenvalue weighted by Gasteiger charge is 2.27. The molecule has 1 aromatic carbocycles. The van der Waals surface area contributed by atoms with Crippen LogP contribution >= 0.6 is 11.8 Å². The van der Waals surface area contributed by atoms with Crippen molar-refractivity contribution >= 4 is 17.7 Å². The van der Waals surface area contributed by atoms with Crippen molar-refractivity contribution < 1.29 is 9.53 Å². The van der Waals surface area contributed by atoms with Gasteiger partial charge in [-0.25, -0.2) is 0 Å². The summed E-state index contributed by atoms with van der Waals surface area (Å²) in [7, 11) is 1.65. The van der Waals surface area contributed by atoms with Gasteiger partial charge in [-0.2, -0.15) is 0 Å². The minimum absolute atomic E-state index is 0.0619. The number of hydrogen-bond donors (Lipinski definition) is 2. The lowest BCUT2D eigenvalue weighted by atomic mass is 9.87. The number of carbonyl (C=O) groups is 1. The summed E-state index contributed by atoms with van der Waals surface area (Å²) in [5.74, 6) is 0.867. The van der Waals surface area contributed by atoms with Crippen LogP contribution in [0.1, 0.15) is 23.6 Å². The van der Waals surface area contributed by atoms with Gasteiger partial charge in [0.25, 0.3) is 0 Å². The number of benzene rings is 1. The van der Waals surface area contributed by atoms with Gasteiger partial charge in [0.15, 0.2) is 0 Å². The zero-order chi connectivity index (χ0) is 13.1. The molecule has 0 fully saturated rings. The second-order valence-electron chi connectivity index (χ2n) is 4.44. The molecule has 0 saturated heterocycles. The maximum atomic E-state index is 10.8. The molecule has 2 unspecified atom stereocenters. The molecular weight excluding hydrogens is 248 g/mol. The number of carbonyl (C=O) groups excluding carboxylic acids is 1. The Bertz CT molecular complexity index is 451. The summed E-state index contributed by atoms with van der Waals surface area (Å²) in [5.41, 5.74) is 13.9. The summed E-state index contributed by atoms with van der Waals surface area (Å²) in [4.78, 5) is 10.8. The number of fused-ring (bicyclic) bond motifs is 1. The van der Waals surface area contributed by atoms with Gasteiger partial charge in [-0.3, -0.25) is 4.79 Å². The summed E-state index contributed by atoms with van der Waals surface area (Å²) >= 11 is 1.55. The molecule has 0 bridgehead atoms. The highest BCUT2D eigenvalue weighted by Crippen LogP contribution is 2.36. The van der Waals surface area contributed by atoms with E-state index in [2.05, 4.69) is 6.07 Å². The number of hydrogen-bond acceptors (Lipinski definition) is 4. The molecule has 0 aliphatic heterocycles. The van der Waals surface area contributed by atoms with Gasteiger partial charge < -0.3 is 16.2 Å². The van der Waals surface area contributed by atoms with E-state index in [0.29, 0.717) is 5.75 Å². The van der Waals surface area contributed by atoms with Crippen molar-refractivity contribution in [3.05, 3.63) is 29.3 Å². The molecule has 0 aromatic heterocycles. The second-order valence-corrected chi connectivity index (χ2v) is 5.67. The molecule has 4 nitrogen and oxygen atoms in total. The fourth-order valence-corrected chi connectivity index (χ4v) is 3.31. The van der Waals surface area contributed by atoms with Crippen LogP contribution in [0.4, 0.5) is 0 Å². The van der Waals surface area contributed by atoms with E-state index < -0.39 is 0 Å². The number of nitrogens with two attached hydrogens (primary N) is 2. The molecular formula is C13H18N2O2S. The predicted molar refractivity (Wildman–Crippen MR) is 73.7 cm³/mol. The van der Waals surface area contributed by atoms with E-state index in [4.69, 9.17) is 16.2 Å². The van der Waals surface area contributed by atoms with Gasteiger partial charge in [-0.1, -0.05) is 6.07 Å². The van der Waals surface area contributed by atoms with Crippen molar-refractivity contribution in [3.8, 4) is 5.75 Å². The Hall–Kier alpha value is -1.20. The highest BCUT2D eigenvalue weighted by molar-refractivity contribution is 8.00. The second kappa shape index (κ2) is 5.63. The summed E-state index contributed by atoms with van der Waals surface area (Å²) < 4.78 is 5.23. The third-order valence-electron chi connectivity index (χ3n) is 3.25. The van der Waals surface area contributed by atoms with Crippen LogP contribution in [0.3, 0.4) is 0 Å². The molecule has 1 aliphatic rings. The van der Waals surface area contributed by atoms with Gasteiger partial charge >= 0.3 is 0 Å². The Kier molecular flexibility index (Phi) is 4.14. The number of thioether (sulfide) groups is 1. The number of ether oxygens (including phenoxy) is 1. The first-order valence-corrected chi connectivity index (χ1v) is 6.99. The molecule has 1 aromatic rings.